The van der Waals surface area contributed by atoms with Crippen molar-refractivity contribution in [2.75, 3.05) is 26.2 Å². The summed E-state index contributed by atoms with van der Waals surface area (Å²) in [6.07, 6.45) is 2.95. The molecule has 0 saturated carbocycles. The number of aryl methyl sites for hydroxylation is 1. The fourth-order valence-corrected chi connectivity index (χ4v) is 2.90. The molecule has 4 heteroatoms. The maximum absolute atomic E-state index is 12.0. The van der Waals surface area contributed by atoms with E-state index in [9.17, 15) is 4.79 Å². The van der Waals surface area contributed by atoms with E-state index < -0.39 is 0 Å². The molecular formula is C13H18N2O2. The van der Waals surface area contributed by atoms with Crippen molar-refractivity contribution >= 4 is 5.91 Å². The summed E-state index contributed by atoms with van der Waals surface area (Å²) in [6, 6.07) is 3.79. The van der Waals surface area contributed by atoms with Crippen LogP contribution in [0.25, 0.3) is 0 Å². The number of carbonyl (C=O) groups is 1. The molecule has 2 aliphatic rings. The molecule has 92 valence electrons. The van der Waals surface area contributed by atoms with Gasteiger partial charge in [0.15, 0.2) is 0 Å². The van der Waals surface area contributed by atoms with Crippen LogP contribution < -0.4 is 5.32 Å². The first-order valence-corrected chi connectivity index (χ1v) is 6.34. The average Bonchev–Trinajstić information content (AvgIpc) is 3.01. The summed E-state index contributed by atoms with van der Waals surface area (Å²) in [5.41, 5.74) is 0. The summed E-state index contributed by atoms with van der Waals surface area (Å²) in [5.74, 6) is 2.54. The Balaban J connectivity index is 1.50. The summed E-state index contributed by atoms with van der Waals surface area (Å²) in [6.45, 7) is 4.03. The van der Waals surface area contributed by atoms with Crippen molar-refractivity contribution in [3.63, 3.8) is 0 Å². The number of rotatable bonds is 3. The maximum Gasteiger partial charge on any atom is 0.223 e. The van der Waals surface area contributed by atoms with Crippen molar-refractivity contribution in [2.24, 2.45) is 11.8 Å². The lowest BCUT2D eigenvalue weighted by Crippen LogP contribution is -2.31. The predicted octanol–water partition coefficient (Wildman–Crippen LogP) is 0.890. The van der Waals surface area contributed by atoms with E-state index in [0.29, 0.717) is 18.3 Å². The fraction of sp³-hybridized carbons (Fsp3) is 0.615. The Kier molecular flexibility index (Phi) is 2.89. The highest BCUT2D eigenvalue weighted by Gasteiger charge is 2.37. The van der Waals surface area contributed by atoms with Gasteiger partial charge in [-0.15, -0.1) is 0 Å². The van der Waals surface area contributed by atoms with Gasteiger partial charge in [0.05, 0.1) is 6.26 Å². The second kappa shape index (κ2) is 4.53. The van der Waals surface area contributed by atoms with Gasteiger partial charge < -0.3 is 14.6 Å². The number of amides is 1. The maximum atomic E-state index is 12.0. The zero-order valence-electron chi connectivity index (χ0n) is 9.89. The molecule has 2 atom stereocenters. The van der Waals surface area contributed by atoms with Gasteiger partial charge >= 0.3 is 0 Å². The molecule has 4 nitrogen and oxygen atoms in total. The molecule has 0 aliphatic carbocycles. The Morgan fingerprint density at radius 1 is 1.41 bits per heavy atom. The van der Waals surface area contributed by atoms with Gasteiger partial charge in [0.1, 0.15) is 5.76 Å². The summed E-state index contributed by atoms with van der Waals surface area (Å²) in [7, 11) is 0. The highest BCUT2D eigenvalue weighted by atomic mass is 16.3. The van der Waals surface area contributed by atoms with E-state index in [-0.39, 0.29) is 5.91 Å². The van der Waals surface area contributed by atoms with Crippen molar-refractivity contribution in [3.8, 4) is 0 Å². The number of fused-ring (bicyclic) bond motifs is 1. The van der Waals surface area contributed by atoms with Crippen LogP contribution in [0.4, 0.5) is 0 Å². The Bertz CT molecular complexity index is 376. The highest BCUT2D eigenvalue weighted by Crippen LogP contribution is 2.26. The first-order valence-electron chi connectivity index (χ1n) is 6.34. The number of carbonyl (C=O) groups excluding carboxylic acids is 1. The number of nitrogens with zero attached hydrogens (tertiary/aromatic N) is 1. The van der Waals surface area contributed by atoms with E-state index in [4.69, 9.17) is 4.42 Å². The van der Waals surface area contributed by atoms with Gasteiger partial charge in [0.2, 0.25) is 5.91 Å². The largest absolute Gasteiger partial charge is 0.469 e. The number of furan rings is 1. The molecule has 0 radical (unpaired) electrons. The topological polar surface area (TPSA) is 45.5 Å². The Morgan fingerprint density at radius 2 is 2.18 bits per heavy atom. The molecular weight excluding hydrogens is 216 g/mol. The molecule has 1 aromatic rings. The molecule has 2 fully saturated rings. The molecule has 0 aromatic carbocycles. The van der Waals surface area contributed by atoms with Crippen molar-refractivity contribution < 1.29 is 9.21 Å². The first kappa shape index (κ1) is 10.8. The second-order valence-electron chi connectivity index (χ2n) is 5.06. The normalized spacial score (nSPS) is 27.4. The average molecular weight is 234 g/mol. The number of likely N-dealkylation sites (tertiary alicyclic amines) is 1. The molecule has 17 heavy (non-hydrogen) atoms. The van der Waals surface area contributed by atoms with Crippen LogP contribution in [-0.4, -0.2) is 37.0 Å². The molecule has 3 heterocycles. The zero-order valence-corrected chi connectivity index (χ0v) is 9.89. The first-order chi connectivity index (χ1) is 8.33. The molecule has 0 bridgehead atoms. The molecule has 1 aromatic heterocycles. The number of hydrogen-bond acceptors (Lipinski definition) is 3. The Labute approximate surface area is 101 Å². The third-order valence-corrected chi connectivity index (χ3v) is 3.91. The molecule has 1 N–H and O–H groups in total. The predicted molar refractivity (Wildman–Crippen MR) is 63.5 cm³/mol. The second-order valence-corrected chi connectivity index (χ2v) is 5.06. The quantitative estimate of drug-likeness (QED) is 0.845. The minimum Gasteiger partial charge on any atom is -0.469 e. The summed E-state index contributed by atoms with van der Waals surface area (Å²) >= 11 is 0. The molecule has 0 unspecified atom stereocenters. The van der Waals surface area contributed by atoms with E-state index in [1.807, 2.05) is 17.0 Å². The Morgan fingerprint density at radius 3 is 2.82 bits per heavy atom. The SMILES string of the molecule is O=C(CCc1ccco1)N1C[C@H]2CNC[C@H]2C1. The van der Waals surface area contributed by atoms with Crippen LogP contribution in [-0.2, 0) is 11.2 Å². The van der Waals surface area contributed by atoms with Gasteiger partial charge in [-0.05, 0) is 24.0 Å². The number of nitrogens with one attached hydrogen (secondary N) is 1. The van der Waals surface area contributed by atoms with E-state index >= 15 is 0 Å². The van der Waals surface area contributed by atoms with Crippen LogP contribution in [0.2, 0.25) is 0 Å². The van der Waals surface area contributed by atoms with Crippen molar-refractivity contribution in [2.45, 2.75) is 12.8 Å². The molecule has 2 saturated heterocycles. The molecule has 3 rings (SSSR count). The smallest absolute Gasteiger partial charge is 0.223 e. The fourth-order valence-electron chi connectivity index (χ4n) is 2.90. The lowest BCUT2D eigenvalue weighted by Gasteiger charge is -2.17. The van der Waals surface area contributed by atoms with Crippen LogP contribution in [0.1, 0.15) is 12.2 Å². The summed E-state index contributed by atoms with van der Waals surface area (Å²) in [5, 5.41) is 3.39. The molecule has 1 amide bonds. The van der Waals surface area contributed by atoms with Crippen molar-refractivity contribution in [3.05, 3.63) is 24.2 Å². The van der Waals surface area contributed by atoms with E-state index in [0.717, 1.165) is 38.4 Å². The zero-order chi connectivity index (χ0) is 11.7. The minimum absolute atomic E-state index is 0.274. The van der Waals surface area contributed by atoms with Crippen LogP contribution in [0.3, 0.4) is 0 Å². The van der Waals surface area contributed by atoms with E-state index in [1.165, 1.54) is 0 Å². The standard InChI is InChI=1S/C13H18N2O2/c16-13(4-3-12-2-1-5-17-12)15-8-10-6-14-7-11(10)9-15/h1-2,5,10-11,14H,3-4,6-9H2/t10-,11+. The van der Waals surface area contributed by atoms with Crippen LogP contribution >= 0.6 is 0 Å². The summed E-state index contributed by atoms with van der Waals surface area (Å²) < 4.78 is 5.24. The highest BCUT2D eigenvalue weighted by molar-refractivity contribution is 5.76. The van der Waals surface area contributed by atoms with Gasteiger partial charge in [0.25, 0.3) is 0 Å². The lowest BCUT2D eigenvalue weighted by molar-refractivity contribution is -0.130. The third-order valence-electron chi connectivity index (χ3n) is 3.91. The van der Waals surface area contributed by atoms with Crippen molar-refractivity contribution in [1.29, 1.82) is 0 Å². The molecule has 2 aliphatic heterocycles. The lowest BCUT2D eigenvalue weighted by atomic mass is 10.0. The van der Waals surface area contributed by atoms with E-state index in [2.05, 4.69) is 5.32 Å². The van der Waals surface area contributed by atoms with Gasteiger partial charge in [-0.2, -0.15) is 0 Å². The summed E-state index contributed by atoms with van der Waals surface area (Å²) in [4.78, 5) is 14.1. The van der Waals surface area contributed by atoms with Crippen molar-refractivity contribution in [1.82, 2.24) is 10.2 Å². The van der Waals surface area contributed by atoms with Gasteiger partial charge in [-0.25, -0.2) is 0 Å². The number of hydrogen-bond donors (Lipinski definition) is 1. The van der Waals surface area contributed by atoms with Gasteiger partial charge in [-0.3, -0.25) is 4.79 Å². The third kappa shape index (κ3) is 2.22. The van der Waals surface area contributed by atoms with Crippen LogP contribution in [0, 0.1) is 11.8 Å². The van der Waals surface area contributed by atoms with Crippen LogP contribution in [0.5, 0.6) is 0 Å². The Hall–Kier alpha value is -1.29. The van der Waals surface area contributed by atoms with Gasteiger partial charge in [-0.1, -0.05) is 0 Å². The minimum atomic E-state index is 0.274. The van der Waals surface area contributed by atoms with Crippen LogP contribution in [0.15, 0.2) is 22.8 Å². The van der Waals surface area contributed by atoms with Gasteiger partial charge in [0, 0.05) is 39.0 Å². The monoisotopic (exact) mass is 234 g/mol. The molecule has 0 spiro atoms. The van der Waals surface area contributed by atoms with E-state index in [1.54, 1.807) is 6.26 Å².